The Kier molecular flexibility index (Phi) is 3.71. The average molecular weight is 129 g/mol. The molecule has 52 valence electrons. The van der Waals surface area contributed by atoms with Crippen LogP contribution in [-0.4, -0.2) is 17.7 Å². The number of carboxylic acids is 1. The first-order chi connectivity index (χ1) is 4.18. The summed E-state index contributed by atoms with van der Waals surface area (Å²) in [5.41, 5.74) is 0.0454. The van der Waals surface area contributed by atoms with Crippen LogP contribution in [0.3, 0.4) is 0 Å². The van der Waals surface area contributed by atoms with Crippen molar-refractivity contribution in [2.24, 2.45) is 0 Å². The van der Waals surface area contributed by atoms with Crippen molar-refractivity contribution in [3.8, 4) is 0 Å². The number of aliphatic hydroxyl groups is 1. The Morgan fingerprint density at radius 3 is 2.56 bits per heavy atom. The van der Waals surface area contributed by atoms with Gasteiger partial charge in [-0.3, -0.25) is 0 Å². The average Bonchev–Trinajstić information content (AvgIpc) is 1.82. The van der Waals surface area contributed by atoms with E-state index in [4.69, 9.17) is 5.11 Å². The lowest BCUT2D eigenvalue weighted by Gasteiger charge is -2.02. The third-order valence-electron chi connectivity index (χ3n) is 0.925. The van der Waals surface area contributed by atoms with Gasteiger partial charge in [-0.05, 0) is 18.4 Å². The highest BCUT2D eigenvalue weighted by Gasteiger charge is 1.92. The quantitative estimate of drug-likeness (QED) is 0.498. The number of carbonyl (C=O) groups is 1. The topological polar surface area (TPSA) is 60.4 Å². The fourth-order valence-electron chi connectivity index (χ4n) is 0.395. The molecule has 0 aliphatic carbocycles. The van der Waals surface area contributed by atoms with Crippen molar-refractivity contribution in [3.63, 3.8) is 0 Å². The Balaban J connectivity index is 3.39. The molecule has 0 heterocycles. The molecule has 0 aliphatic heterocycles. The van der Waals surface area contributed by atoms with Gasteiger partial charge in [0.1, 0.15) is 0 Å². The van der Waals surface area contributed by atoms with Gasteiger partial charge in [-0.2, -0.15) is 0 Å². The molecule has 0 bridgehead atoms. The molecule has 3 heteroatoms. The highest BCUT2D eigenvalue weighted by molar-refractivity contribution is 5.83. The summed E-state index contributed by atoms with van der Waals surface area (Å²) in [5.74, 6) is -1.23. The molecule has 0 atom stereocenters. The van der Waals surface area contributed by atoms with Crippen LogP contribution in [0.15, 0.2) is 12.2 Å². The van der Waals surface area contributed by atoms with Crippen LogP contribution in [0.2, 0.25) is 0 Å². The number of carbonyl (C=O) groups excluding carboxylic acids is 1. The van der Waals surface area contributed by atoms with E-state index in [1.54, 1.807) is 0 Å². The fraction of sp³-hybridized carbons (Fsp3) is 0.500. The molecule has 0 spiro atoms. The van der Waals surface area contributed by atoms with Gasteiger partial charge in [0.05, 0.1) is 5.97 Å². The standard InChI is InChI=1S/C6H10O3/c1-5(6(8)9)3-2-4-7/h7H,1-4H2,(H,8,9)/p-1. The maximum atomic E-state index is 9.91. The number of hydrogen-bond acceptors (Lipinski definition) is 3. The molecule has 0 aromatic heterocycles. The van der Waals surface area contributed by atoms with Crippen LogP contribution >= 0.6 is 0 Å². The van der Waals surface area contributed by atoms with Crippen LogP contribution in [0.1, 0.15) is 12.8 Å². The van der Waals surface area contributed by atoms with Crippen molar-refractivity contribution < 1.29 is 15.0 Å². The Hall–Kier alpha value is -0.830. The Labute approximate surface area is 53.6 Å². The van der Waals surface area contributed by atoms with Gasteiger partial charge in [-0.15, -0.1) is 0 Å². The van der Waals surface area contributed by atoms with Gasteiger partial charge < -0.3 is 15.0 Å². The molecular formula is C6H9O3-. The Morgan fingerprint density at radius 1 is 1.67 bits per heavy atom. The Bertz CT molecular complexity index is 117. The smallest absolute Gasteiger partial charge is 0.0668 e. The second-order valence-corrected chi connectivity index (χ2v) is 1.72. The molecule has 0 unspecified atom stereocenters. The number of aliphatic hydroxyl groups excluding tert-OH is 1. The molecule has 0 rings (SSSR count). The predicted molar refractivity (Wildman–Crippen MR) is 30.5 cm³/mol. The first-order valence-corrected chi connectivity index (χ1v) is 2.68. The largest absolute Gasteiger partial charge is 0.545 e. The second kappa shape index (κ2) is 4.09. The van der Waals surface area contributed by atoms with Crippen LogP contribution < -0.4 is 5.11 Å². The maximum Gasteiger partial charge on any atom is 0.0668 e. The molecule has 0 aliphatic rings. The van der Waals surface area contributed by atoms with E-state index in [9.17, 15) is 9.90 Å². The number of rotatable bonds is 4. The summed E-state index contributed by atoms with van der Waals surface area (Å²) < 4.78 is 0. The van der Waals surface area contributed by atoms with E-state index < -0.39 is 5.97 Å². The van der Waals surface area contributed by atoms with Crippen molar-refractivity contribution in [1.29, 1.82) is 0 Å². The lowest BCUT2D eigenvalue weighted by molar-refractivity contribution is -0.299. The molecule has 0 aromatic rings. The van der Waals surface area contributed by atoms with Crippen molar-refractivity contribution in [3.05, 3.63) is 12.2 Å². The first kappa shape index (κ1) is 8.17. The van der Waals surface area contributed by atoms with Gasteiger partial charge in [0.15, 0.2) is 0 Å². The van der Waals surface area contributed by atoms with E-state index >= 15 is 0 Å². The van der Waals surface area contributed by atoms with Crippen molar-refractivity contribution in [2.45, 2.75) is 12.8 Å². The SMILES string of the molecule is C=C(CCCO)C(=O)[O-]. The molecule has 0 saturated carbocycles. The van der Waals surface area contributed by atoms with E-state index in [0.717, 1.165) is 0 Å². The van der Waals surface area contributed by atoms with Crippen LogP contribution in [0, 0.1) is 0 Å². The minimum absolute atomic E-state index is 0.00764. The summed E-state index contributed by atoms with van der Waals surface area (Å²) in [7, 11) is 0. The van der Waals surface area contributed by atoms with E-state index in [0.29, 0.717) is 12.8 Å². The lowest BCUT2D eigenvalue weighted by atomic mass is 10.2. The third kappa shape index (κ3) is 3.73. The van der Waals surface area contributed by atoms with Crippen molar-refractivity contribution >= 4 is 5.97 Å². The van der Waals surface area contributed by atoms with Crippen molar-refractivity contribution in [1.82, 2.24) is 0 Å². The first-order valence-electron chi connectivity index (χ1n) is 2.68. The normalized spacial score (nSPS) is 9.00. The summed E-state index contributed by atoms with van der Waals surface area (Å²) in [6.07, 6.45) is 0.742. The maximum absolute atomic E-state index is 9.91. The minimum atomic E-state index is -1.23. The molecule has 3 nitrogen and oxygen atoms in total. The number of aliphatic carboxylic acids is 1. The van der Waals surface area contributed by atoms with E-state index in [2.05, 4.69) is 6.58 Å². The molecule has 0 aromatic carbocycles. The molecular weight excluding hydrogens is 120 g/mol. The van der Waals surface area contributed by atoms with Crippen LogP contribution in [-0.2, 0) is 4.79 Å². The van der Waals surface area contributed by atoms with Gasteiger partial charge in [0.2, 0.25) is 0 Å². The summed E-state index contributed by atoms with van der Waals surface area (Å²) in [6, 6.07) is 0. The number of carboxylic acid groups (broad SMARTS) is 1. The van der Waals surface area contributed by atoms with Crippen LogP contribution in [0.4, 0.5) is 0 Å². The number of hydrogen-bond donors (Lipinski definition) is 1. The van der Waals surface area contributed by atoms with Crippen LogP contribution in [0.5, 0.6) is 0 Å². The summed E-state index contributed by atoms with van der Waals surface area (Å²) in [5, 5.41) is 18.2. The van der Waals surface area contributed by atoms with E-state index in [1.165, 1.54) is 0 Å². The molecule has 1 N–H and O–H groups in total. The molecule has 0 fully saturated rings. The highest BCUT2D eigenvalue weighted by Crippen LogP contribution is 1.98. The molecule has 0 radical (unpaired) electrons. The zero-order chi connectivity index (χ0) is 7.28. The second-order valence-electron chi connectivity index (χ2n) is 1.72. The van der Waals surface area contributed by atoms with Crippen LogP contribution in [0.25, 0.3) is 0 Å². The summed E-state index contributed by atoms with van der Waals surface area (Å²) >= 11 is 0. The molecule has 0 saturated heterocycles. The van der Waals surface area contributed by atoms with Gasteiger partial charge in [-0.1, -0.05) is 6.58 Å². The monoisotopic (exact) mass is 129 g/mol. The van der Waals surface area contributed by atoms with E-state index in [1.807, 2.05) is 0 Å². The van der Waals surface area contributed by atoms with Gasteiger partial charge in [-0.25, -0.2) is 0 Å². The minimum Gasteiger partial charge on any atom is -0.545 e. The zero-order valence-corrected chi connectivity index (χ0v) is 5.09. The molecule has 0 amide bonds. The molecule has 9 heavy (non-hydrogen) atoms. The lowest BCUT2D eigenvalue weighted by Crippen LogP contribution is -2.23. The van der Waals surface area contributed by atoms with E-state index in [-0.39, 0.29) is 12.2 Å². The van der Waals surface area contributed by atoms with Gasteiger partial charge in [0, 0.05) is 6.61 Å². The predicted octanol–water partition coefficient (Wildman–Crippen LogP) is -0.935. The summed E-state index contributed by atoms with van der Waals surface area (Å²) in [6.45, 7) is 3.21. The summed E-state index contributed by atoms with van der Waals surface area (Å²) in [4.78, 5) is 9.91. The third-order valence-corrected chi connectivity index (χ3v) is 0.925. The fourth-order valence-corrected chi connectivity index (χ4v) is 0.395. The van der Waals surface area contributed by atoms with Crippen molar-refractivity contribution in [2.75, 3.05) is 6.61 Å². The highest BCUT2D eigenvalue weighted by atomic mass is 16.4. The van der Waals surface area contributed by atoms with Gasteiger partial charge >= 0.3 is 0 Å². The Morgan fingerprint density at radius 2 is 2.22 bits per heavy atom. The van der Waals surface area contributed by atoms with Gasteiger partial charge in [0.25, 0.3) is 0 Å². The zero-order valence-electron chi connectivity index (χ0n) is 5.09.